The van der Waals surface area contributed by atoms with Gasteiger partial charge < -0.3 is 9.47 Å². The van der Waals surface area contributed by atoms with Crippen molar-refractivity contribution in [3.63, 3.8) is 0 Å². The molecule has 0 fully saturated rings. The molecule has 28 heavy (non-hydrogen) atoms. The summed E-state index contributed by atoms with van der Waals surface area (Å²) >= 11 is 0. The van der Waals surface area contributed by atoms with Crippen LogP contribution in [0.1, 0.15) is 97.3 Å². The Morgan fingerprint density at radius 1 is 0.857 bits per heavy atom. The molecule has 0 bridgehead atoms. The number of carbonyl (C=O) groups is 2. The Labute approximate surface area is 172 Å². The first-order valence-corrected chi connectivity index (χ1v) is 11.2. The van der Waals surface area contributed by atoms with Gasteiger partial charge in [0, 0.05) is 7.05 Å². The van der Waals surface area contributed by atoms with Gasteiger partial charge >= 0.3 is 12.1 Å². The van der Waals surface area contributed by atoms with E-state index >= 15 is 0 Å². The number of likely N-dealkylation sites (N-methyl/N-ethyl adjacent to an activating group) is 1. The predicted octanol–water partition coefficient (Wildman–Crippen LogP) is 6.26. The van der Waals surface area contributed by atoms with Crippen LogP contribution in [0.4, 0.5) is 4.79 Å². The summed E-state index contributed by atoms with van der Waals surface area (Å²) < 4.78 is 10.3. The Balaban J connectivity index is 3.57. The minimum Gasteiger partial charge on any atom is -0.464 e. The van der Waals surface area contributed by atoms with E-state index < -0.39 is 12.1 Å². The maximum absolute atomic E-state index is 12.0. The van der Waals surface area contributed by atoms with E-state index in [4.69, 9.17) is 9.47 Å². The van der Waals surface area contributed by atoms with Gasteiger partial charge in [-0.1, -0.05) is 83.6 Å². The number of unbranched alkanes of at least 4 members (excludes halogenated alkanes) is 11. The minimum absolute atomic E-state index is 0.271. The van der Waals surface area contributed by atoms with Crippen LogP contribution >= 0.6 is 0 Å². The van der Waals surface area contributed by atoms with E-state index in [2.05, 4.69) is 13.5 Å². The lowest BCUT2D eigenvalue weighted by Gasteiger charge is -2.22. The van der Waals surface area contributed by atoms with Gasteiger partial charge in [0.15, 0.2) is 0 Å². The summed E-state index contributed by atoms with van der Waals surface area (Å²) in [5.74, 6) is -0.383. The number of ether oxygens (including phenoxy) is 2. The topological polar surface area (TPSA) is 55.8 Å². The zero-order valence-corrected chi connectivity index (χ0v) is 18.5. The van der Waals surface area contributed by atoms with E-state index in [1.807, 2.05) is 0 Å². The van der Waals surface area contributed by atoms with Crippen molar-refractivity contribution < 1.29 is 19.1 Å². The second-order valence-electron chi connectivity index (χ2n) is 7.54. The molecular weight excluding hydrogens is 354 g/mol. The van der Waals surface area contributed by atoms with E-state index in [1.165, 1.54) is 69.1 Å². The fraction of sp³-hybridized carbons (Fsp3) is 0.826. The zero-order valence-electron chi connectivity index (χ0n) is 18.5. The van der Waals surface area contributed by atoms with Crippen molar-refractivity contribution in [1.29, 1.82) is 0 Å². The minimum atomic E-state index is -0.645. The molecule has 5 nitrogen and oxygen atoms in total. The number of rotatable bonds is 18. The van der Waals surface area contributed by atoms with Crippen LogP contribution in [0.25, 0.3) is 0 Å². The third kappa shape index (κ3) is 14.5. The van der Waals surface area contributed by atoms with Crippen LogP contribution in [-0.2, 0) is 14.3 Å². The zero-order chi connectivity index (χ0) is 21.0. The average Bonchev–Trinajstić information content (AvgIpc) is 2.70. The number of amides is 1. The Kier molecular flexibility index (Phi) is 17.8. The molecular formula is C23H43NO4. The molecule has 0 aromatic rings. The lowest BCUT2D eigenvalue weighted by atomic mass is 10.1. The summed E-state index contributed by atoms with van der Waals surface area (Å²) in [6.45, 7) is 8.16. The number of hydrogen-bond donors (Lipinski definition) is 0. The lowest BCUT2D eigenvalue weighted by Crippen LogP contribution is -2.41. The quantitative estimate of drug-likeness (QED) is 0.155. The van der Waals surface area contributed by atoms with Gasteiger partial charge in [-0.2, -0.15) is 0 Å². The van der Waals surface area contributed by atoms with E-state index in [0.717, 1.165) is 12.8 Å². The highest BCUT2D eigenvalue weighted by molar-refractivity contribution is 5.80. The highest BCUT2D eigenvalue weighted by Crippen LogP contribution is 2.12. The van der Waals surface area contributed by atoms with Gasteiger partial charge in [0.1, 0.15) is 6.04 Å². The molecule has 1 amide bonds. The molecule has 0 N–H and O–H groups in total. The Morgan fingerprint density at radius 3 is 1.86 bits per heavy atom. The van der Waals surface area contributed by atoms with Crippen LogP contribution in [-0.4, -0.2) is 43.3 Å². The number of nitrogens with zero attached hydrogens (tertiary/aromatic N) is 1. The molecule has 0 aliphatic carbocycles. The summed E-state index contributed by atoms with van der Waals surface area (Å²) in [4.78, 5) is 25.1. The van der Waals surface area contributed by atoms with Crippen molar-refractivity contribution in [2.24, 2.45) is 0 Å². The fourth-order valence-electron chi connectivity index (χ4n) is 2.88. The van der Waals surface area contributed by atoms with Gasteiger partial charge in [-0.05, 0) is 19.8 Å². The first-order chi connectivity index (χ1) is 13.5. The van der Waals surface area contributed by atoms with Gasteiger partial charge in [-0.3, -0.25) is 4.90 Å². The molecule has 0 saturated heterocycles. The Hall–Kier alpha value is -1.52. The summed E-state index contributed by atoms with van der Waals surface area (Å²) in [6.07, 6.45) is 17.0. The van der Waals surface area contributed by atoms with Crippen LogP contribution in [0.2, 0.25) is 0 Å². The summed E-state index contributed by atoms with van der Waals surface area (Å²) in [5.41, 5.74) is 0. The van der Waals surface area contributed by atoms with Crippen molar-refractivity contribution in [3.8, 4) is 0 Å². The maximum atomic E-state index is 12.0. The molecule has 0 aliphatic rings. The SMILES string of the molecule is C=CCCOC(=O)N(C)C(C)C(=O)OCCCCCCCCCCCCCC. The molecule has 0 aromatic heterocycles. The molecule has 0 rings (SSSR count). The molecule has 5 heteroatoms. The van der Waals surface area contributed by atoms with Gasteiger partial charge in [0.2, 0.25) is 0 Å². The highest BCUT2D eigenvalue weighted by atomic mass is 16.6. The van der Waals surface area contributed by atoms with Gasteiger partial charge in [0.05, 0.1) is 13.2 Å². The first kappa shape index (κ1) is 26.5. The third-order valence-electron chi connectivity index (χ3n) is 5.00. The van der Waals surface area contributed by atoms with E-state index in [-0.39, 0.29) is 12.6 Å². The molecule has 1 atom stereocenters. The monoisotopic (exact) mass is 397 g/mol. The molecule has 0 radical (unpaired) electrons. The second kappa shape index (κ2) is 18.8. The molecule has 164 valence electrons. The standard InChI is InChI=1S/C23H43NO4/c1-5-7-9-10-11-12-13-14-15-16-17-18-20-27-22(25)21(3)24(4)23(26)28-19-8-6-2/h6,21H,2,5,7-20H2,1,3-4H3. The van der Waals surface area contributed by atoms with Crippen molar-refractivity contribution in [1.82, 2.24) is 4.90 Å². The summed E-state index contributed by atoms with van der Waals surface area (Å²) in [5, 5.41) is 0. The Morgan fingerprint density at radius 2 is 1.36 bits per heavy atom. The van der Waals surface area contributed by atoms with Gasteiger partial charge in [-0.15, -0.1) is 6.58 Å². The summed E-state index contributed by atoms with van der Waals surface area (Å²) in [7, 11) is 1.55. The molecule has 0 spiro atoms. The molecule has 0 aliphatic heterocycles. The van der Waals surface area contributed by atoms with Crippen molar-refractivity contribution in [3.05, 3.63) is 12.7 Å². The number of esters is 1. The van der Waals surface area contributed by atoms with Gasteiger partial charge in [-0.25, -0.2) is 9.59 Å². The van der Waals surface area contributed by atoms with E-state index in [9.17, 15) is 9.59 Å². The Bertz CT molecular complexity index is 411. The van der Waals surface area contributed by atoms with Crippen LogP contribution in [0, 0.1) is 0 Å². The number of carbonyl (C=O) groups excluding carboxylic acids is 2. The van der Waals surface area contributed by atoms with Crippen LogP contribution < -0.4 is 0 Å². The van der Waals surface area contributed by atoms with Crippen LogP contribution in [0.5, 0.6) is 0 Å². The van der Waals surface area contributed by atoms with Crippen molar-refractivity contribution in [2.45, 2.75) is 103 Å². The molecule has 0 aromatic carbocycles. The highest BCUT2D eigenvalue weighted by Gasteiger charge is 2.24. The third-order valence-corrected chi connectivity index (χ3v) is 5.00. The largest absolute Gasteiger partial charge is 0.464 e. The molecule has 0 heterocycles. The number of hydrogen-bond acceptors (Lipinski definition) is 4. The maximum Gasteiger partial charge on any atom is 0.410 e. The van der Waals surface area contributed by atoms with E-state index in [0.29, 0.717) is 13.0 Å². The molecule has 0 saturated carbocycles. The molecule has 1 unspecified atom stereocenters. The smallest absolute Gasteiger partial charge is 0.410 e. The van der Waals surface area contributed by atoms with E-state index in [1.54, 1.807) is 20.0 Å². The second-order valence-corrected chi connectivity index (χ2v) is 7.54. The van der Waals surface area contributed by atoms with Gasteiger partial charge in [0.25, 0.3) is 0 Å². The van der Waals surface area contributed by atoms with Crippen LogP contribution in [0.3, 0.4) is 0 Å². The van der Waals surface area contributed by atoms with Crippen molar-refractivity contribution in [2.75, 3.05) is 20.3 Å². The van der Waals surface area contributed by atoms with Crippen molar-refractivity contribution >= 4 is 12.1 Å². The summed E-state index contributed by atoms with van der Waals surface area (Å²) in [6, 6.07) is -0.645. The normalized spacial score (nSPS) is 11.7. The van der Waals surface area contributed by atoms with Crippen LogP contribution in [0.15, 0.2) is 12.7 Å². The average molecular weight is 398 g/mol. The predicted molar refractivity (Wildman–Crippen MR) is 115 cm³/mol. The lowest BCUT2D eigenvalue weighted by molar-refractivity contribution is -0.148. The first-order valence-electron chi connectivity index (χ1n) is 11.2. The fourth-order valence-corrected chi connectivity index (χ4v) is 2.88.